The third kappa shape index (κ3) is 3.29. The van der Waals surface area contributed by atoms with Crippen molar-refractivity contribution < 1.29 is 19.0 Å². The van der Waals surface area contributed by atoms with Crippen molar-refractivity contribution in [2.24, 2.45) is 0 Å². The molecule has 0 spiro atoms. The van der Waals surface area contributed by atoms with Crippen LogP contribution < -0.4 is 14.2 Å². The van der Waals surface area contributed by atoms with Crippen LogP contribution in [0.15, 0.2) is 18.2 Å². The molecule has 5 nitrogen and oxygen atoms in total. The number of carbonyl (C=O) groups is 1. The molecule has 0 atom stereocenters. The first kappa shape index (κ1) is 15.2. The normalized spacial score (nSPS) is 14.5. The fourth-order valence-corrected chi connectivity index (χ4v) is 2.46. The lowest BCUT2D eigenvalue weighted by molar-refractivity contribution is -0.124. The van der Waals surface area contributed by atoms with E-state index in [4.69, 9.17) is 14.2 Å². The summed E-state index contributed by atoms with van der Waals surface area (Å²) in [5, 5.41) is 0. The molecule has 1 heterocycles. The minimum absolute atomic E-state index is 0.0318. The van der Waals surface area contributed by atoms with Crippen LogP contribution in [0.1, 0.15) is 18.4 Å². The number of methoxy groups -OCH3 is 3. The number of carbonyl (C=O) groups excluding carboxylic acids is 1. The molecule has 2 rings (SSSR count). The molecule has 1 aliphatic heterocycles. The Hall–Kier alpha value is -2.17. The maximum atomic E-state index is 12.0. The van der Waals surface area contributed by atoms with Gasteiger partial charge in [-0.05, 0) is 31.1 Å². The smallest absolute Gasteiger partial charge is 0.246 e. The van der Waals surface area contributed by atoms with Crippen LogP contribution in [0.5, 0.6) is 17.2 Å². The van der Waals surface area contributed by atoms with Crippen molar-refractivity contribution in [2.45, 2.75) is 12.8 Å². The van der Waals surface area contributed by atoms with E-state index < -0.39 is 0 Å². The van der Waals surface area contributed by atoms with Crippen LogP contribution >= 0.6 is 0 Å². The molecule has 114 valence electrons. The second kappa shape index (κ2) is 7.02. The van der Waals surface area contributed by atoms with Crippen molar-refractivity contribution in [3.63, 3.8) is 0 Å². The van der Waals surface area contributed by atoms with Crippen LogP contribution in [0, 0.1) is 0 Å². The Morgan fingerprint density at radius 3 is 2.29 bits per heavy atom. The van der Waals surface area contributed by atoms with Crippen molar-refractivity contribution in [3.8, 4) is 17.2 Å². The Balaban J connectivity index is 2.24. The number of benzene rings is 1. The first-order valence-electron chi connectivity index (χ1n) is 6.97. The highest BCUT2D eigenvalue weighted by atomic mass is 16.5. The Kier molecular flexibility index (Phi) is 5.09. The summed E-state index contributed by atoms with van der Waals surface area (Å²) in [6.45, 7) is 1.68. The van der Waals surface area contributed by atoms with Crippen molar-refractivity contribution in [1.82, 2.24) is 4.90 Å². The lowest BCUT2D eigenvalue weighted by atomic mass is 10.1. The number of ether oxygens (including phenoxy) is 3. The van der Waals surface area contributed by atoms with Crippen LogP contribution in [-0.4, -0.2) is 45.2 Å². The topological polar surface area (TPSA) is 48.0 Å². The van der Waals surface area contributed by atoms with Crippen molar-refractivity contribution in [2.75, 3.05) is 34.4 Å². The lowest BCUT2D eigenvalue weighted by Gasteiger charge is -2.14. The minimum Gasteiger partial charge on any atom is -0.493 e. The molecule has 1 aromatic rings. The summed E-state index contributed by atoms with van der Waals surface area (Å²) in [5.74, 6) is 1.71. The summed E-state index contributed by atoms with van der Waals surface area (Å²) < 4.78 is 15.9. The highest BCUT2D eigenvalue weighted by molar-refractivity contribution is 5.92. The SMILES string of the molecule is COc1ccc(/C=C/C(=O)N2CCCC2)c(OC)c1OC. The lowest BCUT2D eigenvalue weighted by Crippen LogP contribution is -2.25. The number of nitrogens with zero attached hydrogens (tertiary/aromatic N) is 1. The second-order valence-corrected chi connectivity index (χ2v) is 4.79. The minimum atomic E-state index is 0.0318. The van der Waals surface area contributed by atoms with E-state index in [1.807, 2.05) is 11.0 Å². The molecule has 0 radical (unpaired) electrons. The molecule has 1 aromatic carbocycles. The van der Waals surface area contributed by atoms with Crippen LogP contribution in [0.4, 0.5) is 0 Å². The number of likely N-dealkylation sites (tertiary alicyclic amines) is 1. The molecule has 0 N–H and O–H groups in total. The maximum absolute atomic E-state index is 12.0. The predicted molar refractivity (Wildman–Crippen MR) is 80.9 cm³/mol. The highest BCUT2D eigenvalue weighted by Crippen LogP contribution is 2.40. The van der Waals surface area contributed by atoms with Crippen molar-refractivity contribution >= 4 is 12.0 Å². The van der Waals surface area contributed by atoms with Gasteiger partial charge in [0.2, 0.25) is 11.7 Å². The largest absolute Gasteiger partial charge is 0.493 e. The summed E-state index contributed by atoms with van der Waals surface area (Å²) in [5.41, 5.74) is 0.780. The number of hydrogen-bond acceptors (Lipinski definition) is 4. The van der Waals surface area contributed by atoms with Crippen LogP contribution in [0.3, 0.4) is 0 Å². The van der Waals surface area contributed by atoms with Gasteiger partial charge in [0.25, 0.3) is 0 Å². The molecule has 21 heavy (non-hydrogen) atoms. The third-order valence-corrected chi connectivity index (χ3v) is 3.56. The number of hydrogen-bond donors (Lipinski definition) is 0. The molecule has 0 saturated carbocycles. The van der Waals surface area contributed by atoms with E-state index in [9.17, 15) is 4.79 Å². The van der Waals surface area contributed by atoms with E-state index in [1.54, 1.807) is 39.5 Å². The molecule has 5 heteroatoms. The zero-order valence-corrected chi connectivity index (χ0v) is 12.7. The summed E-state index contributed by atoms with van der Waals surface area (Å²) in [6, 6.07) is 3.63. The van der Waals surface area contributed by atoms with Gasteiger partial charge in [0.15, 0.2) is 11.5 Å². The van der Waals surface area contributed by atoms with E-state index in [0.29, 0.717) is 17.2 Å². The molecule has 0 bridgehead atoms. The van der Waals surface area contributed by atoms with E-state index >= 15 is 0 Å². The van der Waals surface area contributed by atoms with Crippen LogP contribution in [0.25, 0.3) is 6.08 Å². The Morgan fingerprint density at radius 2 is 1.71 bits per heavy atom. The number of amides is 1. The monoisotopic (exact) mass is 291 g/mol. The van der Waals surface area contributed by atoms with E-state index in [0.717, 1.165) is 31.5 Å². The first-order chi connectivity index (χ1) is 10.2. The predicted octanol–water partition coefficient (Wildman–Crippen LogP) is 2.35. The molecule has 0 aromatic heterocycles. The van der Waals surface area contributed by atoms with E-state index in [1.165, 1.54) is 0 Å². The first-order valence-corrected chi connectivity index (χ1v) is 6.97. The van der Waals surface area contributed by atoms with Crippen LogP contribution in [-0.2, 0) is 4.79 Å². The zero-order chi connectivity index (χ0) is 15.2. The number of rotatable bonds is 5. The summed E-state index contributed by atoms with van der Waals surface area (Å²) in [6.07, 6.45) is 5.50. The Labute approximate surface area is 125 Å². The quantitative estimate of drug-likeness (QED) is 0.781. The second-order valence-electron chi connectivity index (χ2n) is 4.79. The molecule has 1 saturated heterocycles. The molecule has 0 aliphatic carbocycles. The molecule has 1 aliphatic rings. The molecular formula is C16H21NO4. The van der Waals surface area contributed by atoms with Gasteiger partial charge in [-0.2, -0.15) is 0 Å². The summed E-state index contributed by atoms with van der Waals surface area (Å²) in [7, 11) is 4.70. The van der Waals surface area contributed by atoms with Crippen molar-refractivity contribution in [1.29, 1.82) is 0 Å². The average molecular weight is 291 g/mol. The van der Waals surface area contributed by atoms with Gasteiger partial charge in [-0.25, -0.2) is 0 Å². The molecule has 0 unspecified atom stereocenters. The Morgan fingerprint density at radius 1 is 1.05 bits per heavy atom. The van der Waals surface area contributed by atoms with Crippen LogP contribution in [0.2, 0.25) is 0 Å². The zero-order valence-electron chi connectivity index (χ0n) is 12.7. The average Bonchev–Trinajstić information content (AvgIpc) is 3.05. The van der Waals surface area contributed by atoms with E-state index in [-0.39, 0.29) is 5.91 Å². The van der Waals surface area contributed by atoms with Crippen molar-refractivity contribution in [3.05, 3.63) is 23.8 Å². The maximum Gasteiger partial charge on any atom is 0.246 e. The Bertz CT molecular complexity index is 533. The van der Waals surface area contributed by atoms with Gasteiger partial charge in [0.1, 0.15) is 0 Å². The molecule has 1 fully saturated rings. The highest BCUT2D eigenvalue weighted by Gasteiger charge is 2.17. The fraction of sp³-hybridized carbons (Fsp3) is 0.438. The van der Waals surface area contributed by atoms with Gasteiger partial charge in [0, 0.05) is 24.7 Å². The fourth-order valence-electron chi connectivity index (χ4n) is 2.46. The third-order valence-electron chi connectivity index (χ3n) is 3.56. The van der Waals surface area contributed by atoms with Gasteiger partial charge in [-0.1, -0.05) is 0 Å². The van der Waals surface area contributed by atoms with E-state index in [2.05, 4.69) is 0 Å². The molecular weight excluding hydrogens is 270 g/mol. The summed E-state index contributed by atoms with van der Waals surface area (Å²) >= 11 is 0. The summed E-state index contributed by atoms with van der Waals surface area (Å²) in [4.78, 5) is 13.9. The van der Waals surface area contributed by atoms with Gasteiger partial charge in [-0.3, -0.25) is 4.79 Å². The van der Waals surface area contributed by atoms with Gasteiger partial charge < -0.3 is 19.1 Å². The standard InChI is InChI=1S/C16H21NO4/c1-19-13-8-6-12(15(20-2)16(13)21-3)7-9-14(18)17-10-4-5-11-17/h6-9H,4-5,10-11H2,1-3H3/b9-7+. The van der Waals surface area contributed by atoms with Gasteiger partial charge >= 0.3 is 0 Å². The van der Waals surface area contributed by atoms with Gasteiger partial charge in [-0.15, -0.1) is 0 Å². The van der Waals surface area contributed by atoms with Gasteiger partial charge in [0.05, 0.1) is 21.3 Å². The molecule has 1 amide bonds.